The van der Waals surface area contributed by atoms with Crippen molar-refractivity contribution >= 4 is 62.6 Å². The van der Waals surface area contributed by atoms with Gasteiger partial charge in [-0.2, -0.15) is 0 Å². The Morgan fingerprint density at radius 1 is 0.788 bits per heavy atom. The van der Waals surface area contributed by atoms with Crippen molar-refractivity contribution in [2.75, 3.05) is 21.3 Å². The third kappa shape index (κ3) is 4.43. The van der Waals surface area contributed by atoms with Crippen LogP contribution < -0.4 is 19.5 Å². The van der Waals surface area contributed by atoms with Crippen molar-refractivity contribution < 1.29 is 28.4 Å². The predicted octanol–water partition coefficient (Wildman–Crippen LogP) is 6.45. The first-order valence-corrected chi connectivity index (χ1v) is 12.7. The van der Waals surface area contributed by atoms with E-state index in [-0.39, 0.29) is 43.7 Å². The molecule has 10 heteroatoms. The Hall–Kier alpha value is -2.31. The number of halogens is 3. The molecule has 0 N–H and O–H groups in total. The van der Waals surface area contributed by atoms with Crippen LogP contribution in [-0.4, -0.2) is 32.4 Å². The van der Waals surface area contributed by atoms with Crippen LogP contribution in [0.1, 0.15) is 20.7 Å². The fourth-order valence-electron chi connectivity index (χ4n) is 3.32. The van der Waals surface area contributed by atoms with Crippen LogP contribution in [0.5, 0.6) is 17.2 Å². The molecular weight excluding hydrogens is 554 g/mol. The van der Waals surface area contributed by atoms with Gasteiger partial charge >= 0.3 is 0 Å². The summed E-state index contributed by atoms with van der Waals surface area (Å²) >= 11 is 15.8. The van der Waals surface area contributed by atoms with Gasteiger partial charge in [-0.1, -0.05) is 59.6 Å². The highest BCUT2D eigenvalue weighted by molar-refractivity contribution is 9.10. The molecule has 1 unspecified atom stereocenters. The Morgan fingerprint density at radius 2 is 1.33 bits per heavy atom. The van der Waals surface area contributed by atoms with Gasteiger partial charge in [-0.05, 0) is 28.1 Å². The molecule has 0 saturated heterocycles. The lowest BCUT2D eigenvalue weighted by molar-refractivity contribution is 0.103. The van der Waals surface area contributed by atoms with Gasteiger partial charge in [0.25, 0.3) is 0 Å². The second kappa shape index (κ2) is 10.3. The van der Waals surface area contributed by atoms with Crippen molar-refractivity contribution in [3.63, 3.8) is 0 Å². The molecule has 33 heavy (non-hydrogen) atoms. The molecule has 0 saturated carbocycles. The van der Waals surface area contributed by atoms with Gasteiger partial charge in [0, 0.05) is 11.4 Å². The quantitative estimate of drug-likeness (QED) is 0.289. The zero-order valence-corrected chi connectivity index (χ0v) is 21.7. The smallest absolute Gasteiger partial charge is 0.249 e. The van der Waals surface area contributed by atoms with Crippen LogP contribution in [0.4, 0.5) is 0 Å². The number of carbonyl (C=O) groups excluding carboxylic acids is 2. The van der Waals surface area contributed by atoms with Crippen LogP contribution in [0, 0.1) is 0 Å². The van der Waals surface area contributed by atoms with Crippen LogP contribution in [0.3, 0.4) is 0 Å². The van der Waals surface area contributed by atoms with Crippen LogP contribution >= 0.6 is 46.3 Å². The third-order valence-corrected chi connectivity index (χ3v) is 8.70. The summed E-state index contributed by atoms with van der Waals surface area (Å²) in [6.07, 6.45) is 0. The van der Waals surface area contributed by atoms with E-state index in [4.69, 9.17) is 37.4 Å². The van der Waals surface area contributed by atoms with Gasteiger partial charge in [-0.25, -0.2) is 0 Å². The van der Waals surface area contributed by atoms with Crippen LogP contribution in [-0.2, 0) is 4.57 Å². The van der Waals surface area contributed by atoms with Crippen molar-refractivity contribution in [2.45, 2.75) is 0 Å². The van der Waals surface area contributed by atoms with Crippen LogP contribution in [0.2, 0.25) is 10.0 Å². The van der Waals surface area contributed by atoms with Gasteiger partial charge in [0.1, 0.15) is 11.3 Å². The first-order valence-electron chi connectivity index (χ1n) is 9.40. The molecule has 1 atom stereocenters. The van der Waals surface area contributed by atoms with Crippen molar-refractivity contribution in [1.82, 2.24) is 0 Å². The van der Waals surface area contributed by atoms with Crippen molar-refractivity contribution in [3.8, 4) is 17.2 Å². The third-order valence-electron chi connectivity index (χ3n) is 4.86. The molecule has 0 fully saturated rings. The zero-order chi connectivity index (χ0) is 24.3. The van der Waals surface area contributed by atoms with E-state index in [1.54, 1.807) is 24.3 Å². The Kier molecular flexibility index (Phi) is 7.91. The molecule has 0 aromatic heterocycles. The highest BCUT2D eigenvalue weighted by Gasteiger charge is 2.47. The van der Waals surface area contributed by atoms with E-state index >= 15 is 0 Å². The summed E-state index contributed by atoms with van der Waals surface area (Å²) in [5.41, 5.74) is -2.43. The summed E-state index contributed by atoms with van der Waals surface area (Å²) in [5, 5.41) is -0.0385. The molecule has 3 aromatic rings. The number of rotatable bonds is 8. The molecule has 3 aromatic carbocycles. The standard InChI is InChI=1S/C23H18BrCl2O6P/c1-30-17-12-14(24)20(31-2)19(21(17)32-3)23(28)33(29,13-8-5-4-6-9-13)22(27)18-15(25)10-7-11-16(18)26/h4-12H,1-3H3. The molecule has 0 aliphatic carbocycles. The van der Waals surface area contributed by atoms with Crippen molar-refractivity contribution in [3.05, 3.63) is 80.2 Å². The van der Waals surface area contributed by atoms with Crippen LogP contribution in [0.15, 0.2) is 59.1 Å². The first-order chi connectivity index (χ1) is 15.7. The first kappa shape index (κ1) is 25.3. The normalized spacial score (nSPS) is 12.5. The van der Waals surface area contributed by atoms with E-state index in [2.05, 4.69) is 15.9 Å². The SMILES string of the molecule is COc1cc(Br)c(OC)c(C(=O)P(=O)(C(=O)c2c(Cl)cccc2Cl)c2ccccc2)c1OC. The molecule has 0 amide bonds. The van der Waals surface area contributed by atoms with E-state index in [0.717, 1.165) is 0 Å². The van der Waals surface area contributed by atoms with Gasteiger partial charge in [-0.15, -0.1) is 0 Å². The molecule has 0 radical (unpaired) electrons. The summed E-state index contributed by atoms with van der Waals surface area (Å²) in [6, 6.07) is 13.7. The number of methoxy groups -OCH3 is 3. The largest absolute Gasteiger partial charge is 0.495 e. The van der Waals surface area contributed by atoms with Crippen LogP contribution in [0.25, 0.3) is 0 Å². The molecule has 3 rings (SSSR count). The van der Waals surface area contributed by atoms with E-state index < -0.39 is 18.2 Å². The number of hydrogen-bond donors (Lipinski definition) is 0. The minimum atomic E-state index is -4.56. The summed E-state index contributed by atoms with van der Waals surface area (Å²) < 4.78 is 31.1. The molecular formula is C23H18BrCl2O6P. The average Bonchev–Trinajstić information content (AvgIpc) is 2.82. The van der Waals surface area contributed by atoms with Gasteiger partial charge in [0.05, 0.1) is 41.4 Å². The zero-order valence-electron chi connectivity index (χ0n) is 17.7. The summed E-state index contributed by atoms with van der Waals surface area (Å²) in [7, 11) is -0.522. The predicted molar refractivity (Wildman–Crippen MR) is 133 cm³/mol. The molecule has 0 bridgehead atoms. The highest BCUT2D eigenvalue weighted by Crippen LogP contribution is 2.57. The number of ether oxygens (including phenoxy) is 3. The molecule has 6 nitrogen and oxygen atoms in total. The van der Waals surface area contributed by atoms with E-state index in [1.165, 1.54) is 51.7 Å². The average molecular weight is 572 g/mol. The summed E-state index contributed by atoms with van der Waals surface area (Å²) in [5.74, 6) is 0.181. The van der Waals surface area contributed by atoms with Gasteiger partial charge in [0.2, 0.25) is 18.2 Å². The highest BCUT2D eigenvalue weighted by atomic mass is 79.9. The van der Waals surface area contributed by atoms with Gasteiger partial charge in [0.15, 0.2) is 11.5 Å². The maximum atomic E-state index is 14.6. The summed E-state index contributed by atoms with van der Waals surface area (Å²) in [4.78, 5) is 27.9. The lowest BCUT2D eigenvalue weighted by Crippen LogP contribution is -2.22. The maximum absolute atomic E-state index is 14.6. The fourth-order valence-corrected chi connectivity index (χ4v) is 6.91. The van der Waals surface area contributed by atoms with E-state index in [0.29, 0.717) is 4.47 Å². The molecule has 0 heterocycles. The second-order valence-corrected chi connectivity index (χ2v) is 10.9. The van der Waals surface area contributed by atoms with Gasteiger partial charge in [-0.3, -0.25) is 9.59 Å². The molecule has 172 valence electrons. The van der Waals surface area contributed by atoms with Crippen molar-refractivity contribution in [1.29, 1.82) is 0 Å². The minimum Gasteiger partial charge on any atom is -0.495 e. The summed E-state index contributed by atoms with van der Waals surface area (Å²) in [6.45, 7) is 0. The maximum Gasteiger partial charge on any atom is 0.249 e. The topological polar surface area (TPSA) is 78.9 Å². The fraction of sp³-hybridized carbons (Fsp3) is 0.130. The molecule has 0 aliphatic rings. The number of carbonyl (C=O) groups is 2. The number of hydrogen-bond acceptors (Lipinski definition) is 6. The Morgan fingerprint density at radius 3 is 1.85 bits per heavy atom. The monoisotopic (exact) mass is 570 g/mol. The Bertz CT molecular complexity index is 1260. The Balaban J connectivity index is 2.40. The molecule has 0 aliphatic heterocycles. The lowest BCUT2D eigenvalue weighted by Gasteiger charge is -2.22. The lowest BCUT2D eigenvalue weighted by atomic mass is 10.1. The Labute approximate surface area is 209 Å². The van der Waals surface area contributed by atoms with E-state index in [1.807, 2.05) is 0 Å². The minimum absolute atomic E-state index is 0.0130. The number of benzene rings is 3. The van der Waals surface area contributed by atoms with Gasteiger partial charge < -0.3 is 18.8 Å². The second-order valence-electron chi connectivity index (χ2n) is 6.65. The van der Waals surface area contributed by atoms with Crippen molar-refractivity contribution in [2.24, 2.45) is 0 Å². The van der Waals surface area contributed by atoms with E-state index in [9.17, 15) is 14.2 Å². The molecule has 0 spiro atoms.